The average Bonchev–Trinajstić information content (AvgIpc) is 2.96. The van der Waals surface area contributed by atoms with Gasteiger partial charge in [-0.1, -0.05) is 12.1 Å². The van der Waals surface area contributed by atoms with Crippen molar-refractivity contribution in [2.45, 2.75) is 31.7 Å². The molecular formula is C15H22N2O2S. The summed E-state index contributed by atoms with van der Waals surface area (Å²) >= 11 is 0. The van der Waals surface area contributed by atoms with Crippen LogP contribution in [-0.4, -0.2) is 39.1 Å². The molecule has 3 rings (SSSR count). The van der Waals surface area contributed by atoms with Gasteiger partial charge in [0.05, 0.1) is 22.9 Å². The van der Waals surface area contributed by atoms with Crippen LogP contribution in [0.5, 0.6) is 0 Å². The van der Waals surface area contributed by atoms with Crippen molar-refractivity contribution in [3.05, 3.63) is 24.3 Å². The lowest BCUT2D eigenvalue weighted by Crippen LogP contribution is -2.32. The van der Waals surface area contributed by atoms with E-state index in [9.17, 15) is 8.42 Å². The molecule has 2 saturated heterocycles. The summed E-state index contributed by atoms with van der Waals surface area (Å²) in [7, 11) is -2.78. The molecule has 0 saturated carbocycles. The van der Waals surface area contributed by atoms with Crippen molar-refractivity contribution in [1.82, 2.24) is 0 Å². The Morgan fingerprint density at radius 2 is 1.70 bits per heavy atom. The molecule has 110 valence electrons. The number of hydrogen-bond acceptors (Lipinski definition) is 4. The monoisotopic (exact) mass is 294 g/mol. The molecule has 2 heterocycles. The lowest BCUT2D eigenvalue weighted by Gasteiger charge is -2.28. The normalized spacial score (nSPS) is 22.9. The van der Waals surface area contributed by atoms with Crippen molar-refractivity contribution in [3.63, 3.8) is 0 Å². The maximum atomic E-state index is 11.5. The zero-order valence-electron chi connectivity index (χ0n) is 11.7. The molecule has 0 bridgehead atoms. The van der Waals surface area contributed by atoms with Crippen LogP contribution >= 0.6 is 0 Å². The molecular weight excluding hydrogens is 272 g/mol. The summed E-state index contributed by atoms with van der Waals surface area (Å²) in [5, 5.41) is 3.56. The maximum Gasteiger partial charge on any atom is 0.150 e. The lowest BCUT2D eigenvalue weighted by atomic mass is 10.1. The van der Waals surface area contributed by atoms with E-state index in [1.54, 1.807) is 0 Å². The smallest absolute Gasteiger partial charge is 0.150 e. The first-order valence-corrected chi connectivity index (χ1v) is 9.27. The fraction of sp³-hybridized carbons (Fsp3) is 0.600. The van der Waals surface area contributed by atoms with Crippen LogP contribution in [0.4, 0.5) is 11.4 Å². The molecule has 0 aliphatic carbocycles. The SMILES string of the molecule is O=S1(=O)CCC(Nc2ccccc2N2CCCC2)CC1. The molecule has 2 aliphatic heterocycles. The van der Waals surface area contributed by atoms with Crippen molar-refractivity contribution < 1.29 is 8.42 Å². The molecule has 4 nitrogen and oxygen atoms in total. The first kappa shape index (κ1) is 13.7. The van der Waals surface area contributed by atoms with Crippen LogP contribution in [0, 0.1) is 0 Å². The van der Waals surface area contributed by atoms with Gasteiger partial charge in [0.1, 0.15) is 9.84 Å². The van der Waals surface area contributed by atoms with Crippen LogP contribution in [0.15, 0.2) is 24.3 Å². The van der Waals surface area contributed by atoms with Crippen LogP contribution in [0.25, 0.3) is 0 Å². The number of para-hydroxylation sites is 2. The van der Waals surface area contributed by atoms with Gasteiger partial charge in [-0.2, -0.15) is 0 Å². The summed E-state index contributed by atoms with van der Waals surface area (Å²) < 4.78 is 23.0. The molecule has 0 atom stereocenters. The van der Waals surface area contributed by atoms with Gasteiger partial charge in [0.2, 0.25) is 0 Å². The van der Waals surface area contributed by atoms with Gasteiger partial charge in [0.15, 0.2) is 0 Å². The molecule has 1 N–H and O–H groups in total. The van der Waals surface area contributed by atoms with Gasteiger partial charge < -0.3 is 10.2 Å². The van der Waals surface area contributed by atoms with E-state index in [2.05, 4.69) is 28.4 Å². The number of nitrogens with one attached hydrogen (secondary N) is 1. The third-order valence-corrected chi connectivity index (χ3v) is 5.98. The Morgan fingerprint density at radius 3 is 2.40 bits per heavy atom. The first-order chi connectivity index (χ1) is 9.64. The third-order valence-electron chi connectivity index (χ3n) is 4.27. The van der Waals surface area contributed by atoms with Crippen LogP contribution in [-0.2, 0) is 9.84 Å². The predicted molar refractivity (Wildman–Crippen MR) is 83.2 cm³/mol. The minimum Gasteiger partial charge on any atom is -0.381 e. The number of rotatable bonds is 3. The fourth-order valence-electron chi connectivity index (χ4n) is 3.08. The molecule has 0 radical (unpaired) electrons. The van der Waals surface area contributed by atoms with Crippen molar-refractivity contribution in [2.24, 2.45) is 0 Å². The Hall–Kier alpha value is -1.23. The second-order valence-electron chi connectivity index (χ2n) is 5.78. The minimum absolute atomic E-state index is 0.280. The summed E-state index contributed by atoms with van der Waals surface area (Å²) in [6.07, 6.45) is 3.96. The van der Waals surface area contributed by atoms with Gasteiger partial charge in [-0.25, -0.2) is 8.42 Å². The van der Waals surface area contributed by atoms with Crippen molar-refractivity contribution in [2.75, 3.05) is 34.8 Å². The summed E-state index contributed by atoms with van der Waals surface area (Å²) in [5.41, 5.74) is 2.41. The number of hydrogen-bond donors (Lipinski definition) is 1. The van der Waals surface area contributed by atoms with E-state index in [0.29, 0.717) is 11.5 Å². The topological polar surface area (TPSA) is 49.4 Å². The fourth-order valence-corrected chi connectivity index (χ4v) is 4.58. The van der Waals surface area contributed by atoms with E-state index in [1.165, 1.54) is 18.5 Å². The van der Waals surface area contributed by atoms with E-state index in [-0.39, 0.29) is 6.04 Å². The highest BCUT2D eigenvalue weighted by Crippen LogP contribution is 2.30. The van der Waals surface area contributed by atoms with Gasteiger partial charge in [0.25, 0.3) is 0 Å². The molecule has 5 heteroatoms. The van der Waals surface area contributed by atoms with Crippen LogP contribution in [0.3, 0.4) is 0 Å². The Labute approximate surface area is 121 Å². The molecule has 1 aromatic carbocycles. The van der Waals surface area contributed by atoms with E-state index in [0.717, 1.165) is 31.6 Å². The average molecular weight is 294 g/mol. The standard InChI is InChI=1S/C15H22N2O2S/c18-20(19)11-7-13(8-12-20)16-14-5-1-2-6-15(14)17-9-3-4-10-17/h1-2,5-6,13,16H,3-4,7-12H2. The minimum atomic E-state index is -2.78. The zero-order valence-corrected chi connectivity index (χ0v) is 12.5. The van der Waals surface area contributed by atoms with E-state index < -0.39 is 9.84 Å². The van der Waals surface area contributed by atoms with Gasteiger partial charge in [-0.05, 0) is 37.8 Å². The van der Waals surface area contributed by atoms with Crippen molar-refractivity contribution in [1.29, 1.82) is 0 Å². The second kappa shape index (κ2) is 5.64. The van der Waals surface area contributed by atoms with Crippen LogP contribution in [0.2, 0.25) is 0 Å². The highest BCUT2D eigenvalue weighted by molar-refractivity contribution is 7.91. The second-order valence-corrected chi connectivity index (χ2v) is 8.09. The molecule has 20 heavy (non-hydrogen) atoms. The lowest BCUT2D eigenvalue weighted by molar-refractivity contribution is 0.559. The molecule has 1 aromatic rings. The first-order valence-electron chi connectivity index (χ1n) is 7.45. The maximum absolute atomic E-state index is 11.5. The molecule has 0 amide bonds. The van der Waals surface area contributed by atoms with Crippen molar-refractivity contribution >= 4 is 21.2 Å². The Morgan fingerprint density at radius 1 is 1.05 bits per heavy atom. The van der Waals surface area contributed by atoms with Gasteiger partial charge in [-0.3, -0.25) is 0 Å². The number of nitrogens with zero attached hydrogens (tertiary/aromatic N) is 1. The molecule has 0 aromatic heterocycles. The Balaban J connectivity index is 1.71. The molecule has 0 spiro atoms. The molecule has 2 aliphatic rings. The quantitative estimate of drug-likeness (QED) is 0.929. The van der Waals surface area contributed by atoms with Crippen LogP contribution in [0.1, 0.15) is 25.7 Å². The number of benzene rings is 1. The Bertz CT molecular complexity index is 551. The van der Waals surface area contributed by atoms with Gasteiger partial charge in [-0.15, -0.1) is 0 Å². The summed E-state index contributed by atoms with van der Waals surface area (Å²) in [6, 6.07) is 8.66. The largest absolute Gasteiger partial charge is 0.381 e. The van der Waals surface area contributed by atoms with E-state index in [1.807, 2.05) is 6.07 Å². The molecule has 2 fully saturated rings. The Kier molecular flexibility index (Phi) is 3.87. The highest BCUT2D eigenvalue weighted by Gasteiger charge is 2.24. The van der Waals surface area contributed by atoms with Gasteiger partial charge in [0, 0.05) is 19.1 Å². The summed E-state index contributed by atoms with van der Waals surface area (Å²) in [5.74, 6) is 0.632. The molecule has 0 unspecified atom stereocenters. The summed E-state index contributed by atoms with van der Waals surface area (Å²) in [4.78, 5) is 2.42. The van der Waals surface area contributed by atoms with E-state index >= 15 is 0 Å². The zero-order chi connectivity index (χ0) is 14.0. The van der Waals surface area contributed by atoms with E-state index in [4.69, 9.17) is 0 Å². The van der Waals surface area contributed by atoms with Crippen molar-refractivity contribution in [3.8, 4) is 0 Å². The number of anilines is 2. The third kappa shape index (κ3) is 3.08. The van der Waals surface area contributed by atoms with Crippen LogP contribution < -0.4 is 10.2 Å². The predicted octanol–water partition coefficient (Wildman–Crippen LogP) is 2.28. The number of sulfone groups is 1. The summed E-state index contributed by atoms with van der Waals surface area (Å²) in [6.45, 7) is 2.25. The highest BCUT2D eigenvalue weighted by atomic mass is 32.2. The van der Waals surface area contributed by atoms with Gasteiger partial charge >= 0.3 is 0 Å².